The number of nitrogens with two attached hydrogens (primary N) is 1. The number of nitrogens with zero attached hydrogens (tertiary/aromatic N) is 4. The highest BCUT2D eigenvalue weighted by Gasteiger charge is 2.15. The van der Waals surface area contributed by atoms with E-state index in [9.17, 15) is 0 Å². The van der Waals surface area contributed by atoms with Crippen molar-refractivity contribution in [1.82, 2.24) is 15.0 Å². The maximum Gasteiger partial charge on any atom is 0.323 e. The van der Waals surface area contributed by atoms with E-state index in [0.29, 0.717) is 25.8 Å². The Morgan fingerprint density at radius 1 is 1.31 bits per heavy atom. The van der Waals surface area contributed by atoms with Crippen LogP contribution in [0.15, 0.2) is 0 Å². The second-order valence-corrected chi connectivity index (χ2v) is 3.31. The van der Waals surface area contributed by atoms with Crippen molar-refractivity contribution in [2.75, 3.05) is 43.5 Å². The zero-order chi connectivity index (χ0) is 11.4. The van der Waals surface area contributed by atoms with Crippen LogP contribution in [0, 0.1) is 0 Å². The van der Waals surface area contributed by atoms with E-state index >= 15 is 0 Å². The zero-order valence-corrected chi connectivity index (χ0v) is 9.22. The van der Waals surface area contributed by atoms with Crippen molar-refractivity contribution in [3.8, 4) is 6.01 Å². The summed E-state index contributed by atoms with van der Waals surface area (Å²) >= 11 is 0. The Morgan fingerprint density at radius 3 is 2.75 bits per heavy atom. The Hall–Kier alpha value is -1.63. The minimum Gasteiger partial charge on any atom is -0.464 e. The SMILES string of the molecule is CCOc1nc(N)nc(N2CCOCC2)n1. The highest BCUT2D eigenvalue weighted by molar-refractivity contribution is 5.36. The van der Waals surface area contributed by atoms with Crippen molar-refractivity contribution in [3.63, 3.8) is 0 Å². The fraction of sp³-hybridized carbons (Fsp3) is 0.667. The summed E-state index contributed by atoms with van der Waals surface area (Å²) in [6.07, 6.45) is 0. The predicted molar refractivity (Wildman–Crippen MR) is 58.4 cm³/mol. The summed E-state index contributed by atoms with van der Waals surface area (Å²) < 4.78 is 10.5. The van der Waals surface area contributed by atoms with Crippen LogP contribution >= 0.6 is 0 Å². The lowest BCUT2D eigenvalue weighted by Crippen LogP contribution is -2.37. The summed E-state index contributed by atoms with van der Waals surface area (Å²) in [5.74, 6) is 0.735. The minimum atomic E-state index is 0.181. The van der Waals surface area contributed by atoms with E-state index in [-0.39, 0.29) is 12.0 Å². The fourth-order valence-electron chi connectivity index (χ4n) is 1.46. The second-order valence-electron chi connectivity index (χ2n) is 3.31. The van der Waals surface area contributed by atoms with Gasteiger partial charge in [-0.15, -0.1) is 0 Å². The molecule has 0 radical (unpaired) electrons. The first-order chi connectivity index (χ1) is 7.79. The highest BCUT2D eigenvalue weighted by Crippen LogP contribution is 2.14. The molecule has 1 aromatic rings. The van der Waals surface area contributed by atoms with Crippen molar-refractivity contribution in [2.24, 2.45) is 0 Å². The summed E-state index contributed by atoms with van der Waals surface area (Å²) in [5.41, 5.74) is 5.60. The normalized spacial score (nSPS) is 16.2. The molecule has 1 aliphatic heterocycles. The molecule has 7 nitrogen and oxygen atoms in total. The number of hydrogen-bond donors (Lipinski definition) is 1. The van der Waals surface area contributed by atoms with E-state index in [2.05, 4.69) is 15.0 Å². The van der Waals surface area contributed by atoms with Crippen molar-refractivity contribution in [2.45, 2.75) is 6.92 Å². The molecular weight excluding hydrogens is 210 g/mol. The van der Waals surface area contributed by atoms with E-state index in [1.54, 1.807) is 0 Å². The van der Waals surface area contributed by atoms with Gasteiger partial charge in [0.05, 0.1) is 19.8 Å². The minimum absolute atomic E-state index is 0.181. The molecule has 1 saturated heterocycles. The molecular formula is C9H15N5O2. The molecule has 0 atom stereocenters. The summed E-state index contributed by atoms with van der Waals surface area (Å²) in [7, 11) is 0. The number of aromatic nitrogens is 3. The van der Waals surface area contributed by atoms with Crippen LogP contribution in [-0.2, 0) is 4.74 Å². The first-order valence-corrected chi connectivity index (χ1v) is 5.26. The van der Waals surface area contributed by atoms with Crippen LogP contribution in [0.1, 0.15) is 6.92 Å². The van der Waals surface area contributed by atoms with E-state index < -0.39 is 0 Å². The van der Waals surface area contributed by atoms with E-state index in [0.717, 1.165) is 13.1 Å². The molecule has 88 valence electrons. The smallest absolute Gasteiger partial charge is 0.323 e. The summed E-state index contributed by atoms with van der Waals surface area (Å²) in [6, 6.07) is 0.275. The molecule has 7 heteroatoms. The average Bonchev–Trinajstić information content (AvgIpc) is 2.30. The Kier molecular flexibility index (Phi) is 3.35. The standard InChI is InChI=1S/C9H15N5O2/c1-2-16-9-12-7(10)11-8(13-9)14-3-5-15-6-4-14/h2-6H2,1H3,(H2,10,11,12,13). The van der Waals surface area contributed by atoms with Gasteiger partial charge < -0.3 is 20.1 Å². The monoisotopic (exact) mass is 225 g/mol. The molecule has 0 unspecified atom stereocenters. The topological polar surface area (TPSA) is 86.4 Å². The molecule has 0 bridgehead atoms. The first-order valence-electron chi connectivity index (χ1n) is 5.26. The molecule has 0 aliphatic carbocycles. The number of hydrogen-bond acceptors (Lipinski definition) is 7. The van der Waals surface area contributed by atoms with Gasteiger partial charge in [-0.05, 0) is 6.92 Å². The van der Waals surface area contributed by atoms with Crippen molar-refractivity contribution in [1.29, 1.82) is 0 Å². The number of ether oxygens (including phenoxy) is 2. The van der Waals surface area contributed by atoms with Crippen LogP contribution in [0.4, 0.5) is 11.9 Å². The van der Waals surface area contributed by atoms with Gasteiger partial charge in [0, 0.05) is 13.1 Å². The van der Waals surface area contributed by atoms with Gasteiger partial charge in [-0.3, -0.25) is 0 Å². The Balaban J connectivity index is 2.18. The van der Waals surface area contributed by atoms with Gasteiger partial charge in [0.2, 0.25) is 11.9 Å². The fourth-order valence-corrected chi connectivity index (χ4v) is 1.46. The van der Waals surface area contributed by atoms with Crippen LogP contribution in [-0.4, -0.2) is 47.9 Å². The highest BCUT2D eigenvalue weighted by atomic mass is 16.5. The van der Waals surface area contributed by atoms with E-state index in [4.69, 9.17) is 15.2 Å². The largest absolute Gasteiger partial charge is 0.464 e. The summed E-state index contributed by atoms with van der Waals surface area (Å²) in [5, 5.41) is 0. The predicted octanol–water partition coefficient (Wildman–Crippen LogP) is -0.311. The van der Waals surface area contributed by atoms with Gasteiger partial charge in [-0.1, -0.05) is 0 Å². The van der Waals surface area contributed by atoms with Crippen LogP contribution in [0.2, 0.25) is 0 Å². The lowest BCUT2D eigenvalue weighted by atomic mass is 10.4. The molecule has 16 heavy (non-hydrogen) atoms. The van der Waals surface area contributed by atoms with Gasteiger partial charge in [-0.25, -0.2) is 0 Å². The first kappa shape index (κ1) is 10.9. The molecule has 0 spiro atoms. The summed E-state index contributed by atoms with van der Waals surface area (Å²) in [6.45, 7) is 5.25. The Labute approximate surface area is 93.6 Å². The molecule has 1 aliphatic rings. The van der Waals surface area contributed by atoms with Gasteiger partial charge in [0.25, 0.3) is 0 Å². The molecule has 2 heterocycles. The average molecular weight is 225 g/mol. The third kappa shape index (κ3) is 2.48. The molecule has 0 aromatic carbocycles. The quantitative estimate of drug-likeness (QED) is 0.755. The van der Waals surface area contributed by atoms with Crippen LogP contribution in [0.5, 0.6) is 6.01 Å². The van der Waals surface area contributed by atoms with Gasteiger partial charge in [0.1, 0.15) is 0 Å². The van der Waals surface area contributed by atoms with Crippen LogP contribution < -0.4 is 15.4 Å². The van der Waals surface area contributed by atoms with E-state index in [1.165, 1.54) is 0 Å². The number of nitrogen functional groups attached to an aromatic ring is 1. The maximum atomic E-state index is 5.60. The van der Waals surface area contributed by atoms with Crippen LogP contribution in [0.3, 0.4) is 0 Å². The second kappa shape index (κ2) is 4.93. The third-order valence-corrected chi connectivity index (χ3v) is 2.19. The van der Waals surface area contributed by atoms with Crippen molar-refractivity contribution < 1.29 is 9.47 Å². The molecule has 1 aromatic heterocycles. The number of morpholine rings is 1. The van der Waals surface area contributed by atoms with E-state index in [1.807, 2.05) is 11.8 Å². The molecule has 2 rings (SSSR count). The van der Waals surface area contributed by atoms with Gasteiger partial charge >= 0.3 is 6.01 Å². The maximum absolute atomic E-state index is 5.60. The Morgan fingerprint density at radius 2 is 2.06 bits per heavy atom. The molecule has 0 amide bonds. The third-order valence-electron chi connectivity index (χ3n) is 2.19. The van der Waals surface area contributed by atoms with Crippen LogP contribution in [0.25, 0.3) is 0 Å². The molecule has 0 saturated carbocycles. The number of anilines is 2. The van der Waals surface area contributed by atoms with Crippen molar-refractivity contribution in [3.05, 3.63) is 0 Å². The zero-order valence-electron chi connectivity index (χ0n) is 9.22. The molecule has 1 fully saturated rings. The van der Waals surface area contributed by atoms with Gasteiger partial charge in [0.15, 0.2) is 0 Å². The van der Waals surface area contributed by atoms with Crippen molar-refractivity contribution >= 4 is 11.9 Å². The lowest BCUT2D eigenvalue weighted by Gasteiger charge is -2.26. The summed E-state index contributed by atoms with van der Waals surface area (Å²) in [4.78, 5) is 14.2. The Bertz CT molecular complexity index is 354. The van der Waals surface area contributed by atoms with Gasteiger partial charge in [-0.2, -0.15) is 15.0 Å². The lowest BCUT2D eigenvalue weighted by molar-refractivity contribution is 0.122. The molecule has 2 N–H and O–H groups in total. The number of rotatable bonds is 3.